The third-order valence-electron chi connectivity index (χ3n) is 3.05. The molecule has 2 heteroatoms. The Morgan fingerprint density at radius 1 is 1.13 bits per heavy atom. The monoisotopic (exact) mass is 213 g/mol. The summed E-state index contributed by atoms with van der Waals surface area (Å²) in [6.45, 7) is 14.1. The molecule has 0 radical (unpaired) electrons. The third-order valence-corrected chi connectivity index (χ3v) is 3.05. The Morgan fingerprint density at radius 3 is 1.93 bits per heavy atom. The van der Waals surface area contributed by atoms with E-state index in [1.807, 2.05) is 13.8 Å². The van der Waals surface area contributed by atoms with Gasteiger partial charge in [-0.1, -0.05) is 13.8 Å². The lowest BCUT2D eigenvalue weighted by Crippen LogP contribution is -2.29. The lowest BCUT2D eigenvalue weighted by Gasteiger charge is -2.20. The van der Waals surface area contributed by atoms with Crippen molar-refractivity contribution in [2.45, 2.75) is 39.5 Å². The molecule has 1 heterocycles. The lowest BCUT2D eigenvalue weighted by atomic mass is 10.1. The maximum atomic E-state index is 9.09. The average Bonchev–Trinajstić information content (AvgIpc) is 2.91. The molecule has 0 bridgehead atoms. The maximum absolute atomic E-state index is 9.09. The first-order valence-corrected chi connectivity index (χ1v) is 6.18. The van der Waals surface area contributed by atoms with Crippen LogP contribution < -0.4 is 0 Å². The van der Waals surface area contributed by atoms with Crippen LogP contribution in [-0.4, -0.2) is 36.2 Å². The quantitative estimate of drug-likeness (QED) is 0.729. The fourth-order valence-electron chi connectivity index (χ4n) is 1.96. The summed E-state index contributed by atoms with van der Waals surface area (Å²) in [5, 5.41) is 9.09. The topological polar surface area (TPSA) is 23.5 Å². The van der Waals surface area contributed by atoms with Crippen molar-refractivity contribution in [1.82, 2.24) is 4.90 Å². The van der Waals surface area contributed by atoms with Gasteiger partial charge in [0.05, 0.1) is 0 Å². The molecular formula is C13H27NO. The number of aliphatic hydroxyl groups is 1. The summed E-state index contributed by atoms with van der Waals surface area (Å²) in [6, 6.07) is 0. The molecule has 1 saturated carbocycles. The molecule has 0 atom stereocenters. The van der Waals surface area contributed by atoms with Gasteiger partial charge < -0.3 is 10.0 Å². The van der Waals surface area contributed by atoms with Gasteiger partial charge >= 0.3 is 0 Å². The van der Waals surface area contributed by atoms with Crippen LogP contribution in [0.3, 0.4) is 0 Å². The maximum Gasteiger partial charge on any atom is 0.0499 e. The SMILES string of the molecule is C=C.CC.OCC1(CN2CCCC2)CC1. The molecule has 0 aromatic heterocycles. The van der Waals surface area contributed by atoms with Crippen LogP contribution in [0.4, 0.5) is 0 Å². The summed E-state index contributed by atoms with van der Waals surface area (Å²) in [4.78, 5) is 2.50. The highest BCUT2D eigenvalue weighted by Gasteiger charge is 2.43. The first kappa shape index (κ1) is 14.7. The van der Waals surface area contributed by atoms with E-state index in [9.17, 15) is 0 Å². The van der Waals surface area contributed by atoms with Crippen molar-refractivity contribution in [2.75, 3.05) is 26.2 Å². The Labute approximate surface area is 95.0 Å². The smallest absolute Gasteiger partial charge is 0.0499 e. The van der Waals surface area contributed by atoms with Crippen molar-refractivity contribution < 1.29 is 5.11 Å². The van der Waals surface area contributed by atoms with E-state index in [-0.39, 0.29) is 0 Å². The largest absolute Gasteiger partial charge is 0.396 e. The zero-order valence-electron chi connectivity index (χ0n) is 10.5. The summed E-state index contributed by atoms with van der Waals surface area (Å²) in [5.41, 5.74) is 0.338. The van der Waals surface area contributed by atoms with Crippen molar-refractivity contribution in [3.63, 3.8) is 0 Å². The van der Waals surface area contributed by atoms with E-state index in [1.54, 1.807) is 0 Å². The van der Waals surface area contributed by atoms with Crippen molar-refractivity contribution in [1.29, 1.82) is 0 Å². The van der Waals surface area contributed by atoms with E-state index < -0.39 is 0 Å². The van der Waals surface area contributed by atoms with Crippen LogP contribution in [0.5, 0.6) is 0 Å². The zero-order chi connectivity index (χ0) is 11.7. The molecule has 2 fully saturated rings. The first-order chi connectivity index (χ1) is 7.35. The Kier molecular flexibility index (Phi) is 7.71. The fraction of sp³-hybridized carbons (Fsp3) is 0.846. The Balaban J connectivity index is 0.000000442. The van der Waals surface area contributed by atoms with Crippen molar-refractivity contribution in [3.05, 3.63) is 13.2 Å². The second-order valence-electron chi connectivity index (χ2n) is 4.14. The van der Waals surface area contributed by atoms with Crippen LogP contribution in [0.2, 0.25) is 0 Å². The van der Waals surface area contributed by atoms with Crippen LogP contribution in [0.1, 0.15) is 39.5 Å². The van der Waals surface area contributed by atoms with E-state index in [1.165, 1.54) is 38.8 Å². The first-order valence-electron chi connectivity index (χ1n) is 6.18. The van der Waals surface area contributed by atoms with Crippen LogP contribution >= 0.6 is 0 Å². The molecule has 2 nitrogen and oxygen atoms in total. The second kappa shape index (κ2) is 7.89. The molecular weight excluding hydrogens is 186 g/mol. The highest BCUT2D eigenvalue weighted by atomic mass is 16.3. The van der Waals surface area contributed by atoms with Crippen LogP contribution in [-0.2, 0) is 0 Å². The molecule has 2 aliphatic rings. The second-order valence-corrected chi connectivity index (χ2v) is 4.14. The van der Waals surface area contributed by atoms with Crippen molar-refractivity contribution >= 4 is 0 Å². The predicted octanol–water partition coefficient (Wildman–Crippen LogP) is 2.68. The standard InChI is InChI=1S/C9H17NO.C2H6.C2H4/c11-8-9(3-4-9)7-10-5-1-2-6-10;2*1-2/h11H,1-8H2;1-2H3;1-2H2. The Morgan fingerprint density at radius 2 is 1.60 bits per heavy atom. The molecule has 0 spiro atoms. The summed E-state index contributed by atoms with van der Waals surface area (Å²) in [6.07, 6.45) is 5.23. The Bertz CT molecular complexity index is 149. The van der Waals surface area contributed by atoms with Crippen LogP contribution in [0.15, 0.2) is 13.2 Å². The van der Waals surface area contributed by atoms with Gasteiger partial charge in [-0.15, -0.1) is 13.2 Å². The summed E-state index contributed by atoms with van der Waals surface area (Å²) in [5.74, 6) is 0. The molecule has 90 valence electrons. The average molecular weight is 213 g/mol. The van der Waals surface area contributed by atoms with E-state index in [4.69, 9.17) is 5.11 Å². The third kappa shape index (κ3) is 4.80. The minimum absolute atomic E-state index is 0.338. The van der Waals surface area contributed by atoms with Crippen LogP contribution in [0, 0.1) is 5.41 Å². The Hall–Kier alpha value is -0.340. The molecule has 1 N–H and O–H groups in total. The minimum atomic E-state index is 0.338. The van der Waals surface area contributed by atoms with Crippen LogP contribution in [0.25, 0.3) is 0 Å². The minimum Gasteiger partial charge on any atom is -0.396 e. The molecule has 1 aliphatic carbocycles. The highest BCUT2D eigenvalue weighted by Crippen LogP contribution is 2.45. The summed E-state index contributed by atoms with van der Waals surface area (Å²) in [7, 11) is 0. The highest BCUT2D eigenvalue weighted by molar-refractivity contribution is 4.95. The summed E-state index contributed by atoms with van der Waals surface area (Å²) < 4.78 is 0. The van der Waals surface area contributed by atoms with Gasteiger partial charge in [0.2, 0.25) is 0 Å². The normalized spacial score (nSPS) is 22.1. The van der Waals surface area contributed by atoms with E-state index in [2.05, 4.69) is 18.1 Å². The van der Waals surface area contributed by atoms with Gasteiger partial charge in [0.1, 0.15) is 0 Å². The number of likely N-dealkylation sites (tertiary alicyclic amines) is 1. The van der Waals surface area contributed by atoms with Gasteiger partial charge in [-0.2, -0.15) is 0 Å². The van der Waals surface area contributed by atoms with Gasteiger partial charge in [-0.3, -0.25) is 0 Å². The molecule has 0 aromatic rings. The molecule has 0 unspecified atom stereocenters. The fourth-order valence-corrected chi connectivity index (χ4v) is 1.96. The molecule has 0 amide bonds. The van der Waals surface area contributed by atoms with E-state index in [0.717, 1.165) is 6.54 Å². The number of rotatable bonds is 3. The molecule has 15 heavy (non-hydrogen) atoms. The predicted molar refractivity (Wildman–Crippen MR) is 67.0 cm³/mol. The molecule has 2 rings (SSSR count). The summed E-state index contributed by atoms with van der Waals surface area (Å²) >= 11 is 0. The number of nitrogens with zero attached hydrogens (tertiary/aromatic N) is 1. The van der Waals surface area contributed by atoms with E-state index in [0.29, 0.717) is 12.0 Å². The number of hydrogen-bond donors (Lipinski definition) is 1. The number of aliphatic hydroxyl groups excluding tert-OH is 1. The van der Waals surface area contributed by atoms with Gasteiger partial charge in [0.15, 0.2) is 0 Å². The van der Waals surface area contributed by atoms with Gasteiger partial charge in [-0.05, 0) is 38.8 Å². The lowest BCUT2D eigenvalue weighted by molar-refractivity contribution is 0.164. The molecule has 1 aliphatic heterocycles. The van der Waals surface area contributed by atoms with Gasteiger partial charge in [0.25, 0.3) is 0 Å². The molecule has 0 aromatic carbocycles. The zero-order valence-corrected chi connectivity index (χ0v) is 10.5. The van der Waals surface area contributed by atoms with Crippen molar-refractivity contribution in [3.8, 4) is 0 Å². The van der Waals surface area contributed by atoms with E-state index >= 15 is 0 Å². The molecule has 1 saturated heterocycles. The number of hydrogen-bond acceptors (Lipinski definition) is 2. The van der Waals surface area contributed by atoms with Gasteiger partial charge in [0, 0.05) is 18.6 Å². The van der Waals surface area contributed by atoms with Crippen molar-refractivity contribution in [2.24, 2.45) is 5.41 Å². The van der Waals surface area contributed by atoms with Gasteiger partial charge in [-0.25, -0.2) is 0 Å².